The van der Waals surface area contributed by atoms with Crippen LogP contribution in [0.15, 0.2) is 12.2 Å². The summed E-state index contributed by atoms with van der Waals surface area (Å²) >= 11 is 0. The van der Waals surface area contributed by atoms with Gasteiger partial charge >= 0.3 is 5.97 Å². The molecule has 0 fully saturated rings. The zero-order valence-corrected chi connectivity index (χ0v) is 11.8. The van der Waals surface area contributed by atoms with E-state index in [0.717, 1.165) is 25.7 Å². The van der Waals surface area contributed by atoms with Crippen molar-refractivity contribution in [2.24, 2.45) is 17.3 Å². The summed E-state index contributed by atoms with van der Waals surface area (Å²) < 4.78 is 0. The second kappa shape index (κ2) is 6.85. The van der Waals surface area contributed by atoms with Crippen LogP contribution in [0, 0.1) is 17.3 Å². The van der Waals surface area contributed by atoms with Crippen molar-refractivity contribution in [2.75, 3.05) is 6.61 Å². The van der Waals surface area contributed by atoms with Gasteiger partial charge in [-0.05, 0) is 24.3 Å². The third-order valence-corrected chi connectivity index (χ3v) is 3.85. The summed E-state index contributed by atoms with van der Waals surface area (Å²) in [6, 6.07) is 0. The molecular formula is C15H24O4. The highest BCUT2D eigenvalue weighted by molar-refractivity contribution is 5.94. The van der Waals surface area contributed by atoms with E-state index in [1.807, 2.05) is 13.8 Å². The number of rotatable bonds is 8. The van der Waals surface area contributed by atoms with Gasteiger partial charge in [0.2, 0.25) is 0 Å². The number of aliphatic hydroxyl groups excluding tert-OH is 1. The molecule has 2 atom stereocenters. The van der Waals surface area contributed by atoms with Gasteiger partial charge in [0, 0.05) is 11.8 Å². The molecular weight excluding hydrogens is 244 g/mol. The Bertz CT molecular complexity index is 357. The number of carbonyl (C=O) groups is 2. The molecule has 4 heteroatoms. The highest BCUT2D eigenvalue weighted by atomic mass is 16.4. The monoisotopic (exact) mass is 268 g/mol. The van der Waals surface area contributed by atoms with E-state index in [4.69, 9.17) is 5.11 Å². The molecule has 0 saturated heterocycles. The Balaban J connectivity index is 2.27. The predicted octanol–water partition coefficient (Wildman–Crippen LogP) is 2.41. The largest absolute Gasteiger partial charge is 0.481 e. The maximum absolute atomic E-state index is 11.6. The third-order valence-electron chi connectivity index (χ3n) is 3.85. The van der Waals surface area contributed by atoms with Crippen molar-refractivity contribution in [2.45, 2.75) is 46.0 Å². The summed E-state index contributed by atoms with van der Waals surface area (Å²) in [7, 11) is 0. The molecule has 0 spiro atoms. The van der Waals surface area contributed by atoms with E-state index < -0.39 is 5.97 Å². The quantitative estimate of drug-likeness (QED) is 0.663. The van der Waals surface area contributed by atoms with Gasteiger partial charge in [-0.25, -0.2) is 0 Å². The van der Waals surface area contributed by atoms with Gasteiger partial charge in [-0.3, -0.25) is 9.59 Å². The molecule has 0 aromatic heterocycles. The number of hydrogen-bond donors (Lipinski definition) is 2. The summed E-state index contributed by atoms with van der Waals surface area (Å²) in [5.74, 6) is -0.753. The number of allylic oxidation sites excluding steroid dienone is 1. The van der Waals surface area contributed by atoms with Gasteiger partial charge in [-0.15, -0.1) is 0 Å². The lowest BCUT2D eigenvalue weighted by Gasteiger charge is -2.23. The Kier molecular flexibility index (Phi) is 5.73. The van der Waals surface area contributed by atoms with Crippen molar-refractivity contribution in [3.8, 4) is 0 Å². The molecule has 19 heavy (non-hydrogen) atoms. The maximum atomic E-state index is 11.6. The molecule has 1 aliphatic rings. The second-order valence-corrected chi connectivity index (χ2v) is 6.19. The van der Waals surface area contributed by atoms with Crippen molar-refractivity contribution < 1.29 is 19.8 Å². The standard InChI is InChI=1S/C15H24O4/c1-15(2,9-14(18)19)8-4-3-5-12-11(10-16)6-7-13(12)17/h6-7,11-12,16H,3-5,8-10H2,1-2H3,(H,18,19). The van der Waals surface area contributed by atoms with Crippen molar-refractivity contribution in [1.82, 2.24) is 0 Å². The Morgan fingerprint density at radius 1 is 1.37 bits per heavy atom. The number of ketones is 1. The first-order chi connectivity index (χ1) is 8.85. The van der Waals surface area contributed by atoms with Crippen LogP contribution >= 0.6 is 0 Å². The molecule has 2 N–H and O–H groups in total. The molecule has 4 nitrogen and oxygen atoms in total. The van der Waals surface area contributed by atoms with Crippen LogP contribution in [0.2, 0.25) is 0 Å². The maximum Gasteiger partial charge on any atom is 0.303 e. The number of carboxylic acid groups (broad SMARTS) is 1. The fourth-order valence-corrected chi connectivity index (χ4v) is 2.70. The van der Waals surface area contributed by atoms with Crippen LogP contribution in [-0.2, 0) is 9.59 Å². The normalized spacial score (nSPS) is 23.0. The van der Waals surface area contributed by atoms with E-state index in [1.165, 1.54) is 0 Å². The summed E-state index contributed by atoms with van der Waals surface area (Å²) in [4.78, 5) is 22.3. The molecule has 1 rings (SSSR count). The SMILES string of the molecule is CC(C)(CCCCC1C(=O)C=CC1CO)CC(=O)O. The minimum Gasteiger partial charge on any atom is -0.481 e. The number of unbranched alkanes of at least 4 members (excludes halogenated alkanes) is 1. The molecule has 0 amide bonds. The lowest BCUT2D eigenvalue weighted by atomic mass is 9.82. The van der Waals surface area contributed by atoms with Gasteiger partial charge in [-0.2, -0.15) is 0 Å². The van der Waals surface area contributed by atoms with Crippen LogP contribution in [0.3, 0.4) is 0 Å². The Morgan fingerprint density at radius 3 is 2.63 bits per heavy atom. The van der Waals surface area contributed by atoms with Crippen LogP contribution in [0.1, 0.15) is 46.0 Å². The number of carboxylic acids is 1. The summed E-state index contributed by atoms with van der Waals surface area (Å²) in [6.45, 7) is 3.94. The highest BCUT2D eigenvalue weighted by Gasteiger charge is 2.29. The number of aliphatic hydroxyl groups is 1. The Labute approximate surface area is 114 Å². The summed E-state index contributed by atoms with van der Waals surface area (Å²) in [5.41, 5.74) is -0.194. The lowest BCUT2D eigenvalue weighted by Crippen LogP contribution is -2.19. The van der Waals surface area contributed by atoms with Crippen LogP contribution in [0.25, 0.3) is 0 Å². The van der Waals surface area contributed by atoms with Crippen LogP contribution in [-0.4, -0.2) is 28.6 Å². The minimum absolute atomic E-state index is 0.0252. The molecule has 0 saturated carbocycles. The molecule has 1 aliphatic carbocycles. The van der Waals surface area contributed by atoms with Gasteiger partial charge in [0.05, 0.1) is 13.0 Å². The van der Waals surface area contributed by atoms with Gasteiger partial charge < -0.3 is 10.2 Å². The van der Waals surface area contributed by atoms with E-state index in [0.29, 0.717) is 0 Å². The smallest absolute Gasteiger partial charge is 0.303 e. The first kappa shape index (κ1) is 15.9. The zero-order valence-electron chi connectivity index (χ0n) is 11.8. The predicted molar refractivity (Wildman–Crippen MR) is 72.7 cm³/mol. The molecule has 0 aliphatic heterocycles. The van der Waals surface area contributed by atoms with Crippen molar-refractivity contribution in [3.05, 3.63) is 12.2 Å². The first-order valence-electron chi connectivity index (χ1n) is 6.90. The van der Waals surface area contributed by atoms with E-state index in [-0.39, 0.29) is 36.1 Å². The van der Waals surface area contributed by atoms with E-state index in [9.17, 15) is 14.7 Å². The third kappa shape index (κ3) is 5.15. The minimum atomic E-state index is -0.763. The van der Waals surface area contributed by atoms with E-state index in [1.54, 1.807) is 12.2 Å². The van der Waals surface area contributed by atoms with Crippen LogP contribution in [0.5, 0.6) is 0 Å². The van der Waals surface area contributed by atoms with Gasteiger partial charge in [0.15, 0.2) is 5.78 Å². The van der Waals surface area contributed by atoms with Crippen LogP contribution < -0.4 is 0 Å². The summed E-state index contributed by atoms with van der Waals surface area (Å²) in [6.07, 6.45) is 6.98. The topological polar surface area (TPSA) is 74.6 Å². The van der Waals surface area contributed by atoms with Crippen molar-refractivity contribution in [3.63, 3.8) is 0 Å². The fraction of sp³-hybridized carbons (Fsp3) is 0.733. The molecule has 0 bridgehead atoms. The highest BCUT2D eigenvalue weighted by Crippen LogP contribution is 2.31. The van der Waals surface area contributed by atoms with E-state index in [2.05, 4.69) is 0 Å². The molecule has 0 aromatic rings. The summed E-state index contributed by atoms with van der Waals surface area (Å²) in [5, 5.41) is 18.0. The molecule has 0 aromatic carbocycles. The van der Waals surface area contributed by atoms with Crippen molar-refractivity contribution in [1.29, 1.82) is 0 Å². The van der Waals surface area contributed by atoms with Gasteiger partial charge in [0.25, 0.3) is 0 Å². The molecule has 2 unspecified atom stereocenters. The van der Waals surface area contributed by atoms with E-state index >= 15 is 0 Å². The second-order valence-electron chi connectivity index (χ2n) is 6.19. The number of aliphatic carboxylic acids is 1. The molecule has 0 heterocycles. The lowest BCUT2D eigenvalue weighted by molar-refractivity contribution is -0.139. The van der Waals surface area contributed by atoms with Crippen molar-refractivity contribution >= 4 is 11.8 Å². The average molecular weight is 268 g/mol. The Hall–Kier alpha value is -1.16. The first-order valence-corrected chi connectivity index (χ1v) is 6.90. The van der Waals surface area contributed by atoms with Crippen LogP contribution in [0.4, 0.5) is 0 Å². The molecule has 108 valence electrons. The zero-order chi connectivity index (χ0) is 14.5. The Morgan fingerprint density at radius 2 is 2.05 bits per heavy atom. The average Bonchev–Trinajstić information content (AvgIpc) is 2.64. The van der Waals surface area contributed by atoms with Gasteiger partial charge in [0.1, 0.15) is 0 Å². The number of carbonyl (C=O) groups excluding carboxylic acids is 1. The molecule has 0 radical (unpaired) electrons. The van der Waals surface area contributed by atoms with Gasteiger partial charge in [-0.1, -0.05) is 32.8 Å². The fourth-order valence-electron chi connectivity index (χ4n) is 2.70. The number of hydrogen-bond acceptors (Lipinski definition) is 3.